The Hall–Kier alpha value is -2.67. The van der Waals surface area contributed by atoms with Gasteiger partial charge < -0.3 is 9.47 Å². The predicted octanol–water partition coefficient (Wildman–Crippen LogP) is 6.44. The molecule has 1 aliphatic heterocycles. The quantitative estimate of drug-likeness (QED) is 0.198. The number of halogens is 3. The number of nitrogens with one attached hydrogen (secondary N) is 1. The van der Waals surface area contributed by atoms with Gasteiger partial charge in [-0.05, 0) is 50.1 Å². The number of fused-ring (bicyclic) bond motifs is 1. The molecule has 2 aliphatic rings. The fourth-order valence-electron chi connectivity index (χ4n) is 4.56. The van der Waals surface area contributed by atoms with Crippen molar-refractivity contribution in [2.45, 2.75) is 56.2 Å². The summed E-state index contributed by atoms with van der Waals surface area (Å²) < 4.78 is 40.2. The van der Waals surface area contributed by atoms with Crippen molar-refractivity contribution in [3.8, 4) is 0 Å². The zero-order chi connectivity index (χ0) is 29.3. The van der Waals surface area contributed by atoms with E-state index < -0.39 is 36.1 Å². The Labute approximate surface area is 242 Å². The van der Waals surface area contributed by atoms with Crippen LogP contribution in [-0.2, 0) is 19.8 Å². The number of nitrogens with zero attached hydrogens (tertiary/aromatic N) is 3. The number of ketones is 1. The summed E-state index contributed by atoms with van der Waals surface area (Å²) in [6.45, 7) is 10.3. The zero-order valence-electron chi connectivity index (χ0n) is 22.9. The van der Waals surface area contributed by atoms with E-state index in [4.69, 9.17) is 21.1 Å². The van der Waals surface area contributed by atoms with Gasteiger partial charge in [0.05, 0.1) is 22.7 Å². The van der Waals surface area contributed by atoms with Crippen LogP contribution in [0, 0.1) is 11.7 Å². The molecule has 1 aromatic carbocycles. The van der Waals surface area contributed by atoms with Crippen LogP contribution >= 0.6 is 23.4 Å². The van der Waals surface area contributed by atoms with Crippen molar-refractivity contribution in [2.24, 2.45) is 10.9 Å². The van der Waals surface area contributed by atoms with Gasteiger partial charge in [0.25, 0.3) is 5.23 Å². The van der Waals surface area contributed by atoms with Gasteiger partial charge >= 0.3 is 6.09 Å². The molecule has 1 aliphatic carbocycles. The summed E-state index contributed by atoms with van der Waals surface area (Å²) in [6.07, 6.45) is 3.25. The first-order valence-corrected chi connectivity index (χ1v) is 17.6. The molecule has 2 aromatic rings. The van der Waals surface area contributed by atoms with Gasteiger partial charge in [-0.25, -0.2) is 28.5 Å². The number of ether oxygens (including phenoxy) is 2. The summed E-state index contributed by atoms with van der Waals surface area (Å²) in [6, 6.07) is 5.06. The predicted molar refractivity (Wildman–Crippen MR) is 155 cm³/mol. The van der Waals surface area contributed by atoms with Crippen LogP contribution in [0.5, 0.6) is 0 Å². The first kappa shape index (κ1) is 30.3. The normalized spacial score (nSPS) is 24.1. The molecule has 40 heavy (non-hydrogen) atoms. The number of hydrogen-bond donors (Lipinski definition) is 1. The minimum absolute atomic E-state index is 0.0301. The smallest absolute Gasteiger partial charge is 0.385 e. The monoisotopic (exact) mass is 608 g/mol. The summed E-state index contributed by atoms with van der Waals surface area (Å²) in [7, 11) is -1.27. The molecule has 0 saturated heterocycles. The Morgan fingerprint density at radius 1 is 1.27 bits per heavy atom. The molecular formula is C27H31ClF2N4O4SSi. The molecule has 1 amide bonds. The van der Waals surface area contributed by atoms with E-state index in [2.05, 4.69) is 39.9 Å². The van der Waals surface area contributed by atoms with Crippen molar-refractivity contribution in [1.82, 2.24) is 15.3 Å². The molecule has 1 N–H and O–H groups in total. The lowest BCUT2D eigenvalue weighted by Gasteiger charge is -2.33. The Bertz CT molecular complexity index is 1370. The van der Waals surface area contributed by atoms with Gasteiger partial charge in [-0.15, -0.1) is 0 Å². The Kier molecular flexibility index (Phi) is 8.84. The van der Waals surface area contributed by atoms with E-state index in [9.17, 15) is 14.0 Å². The number of carbonyl (C=O) groups is 2. The van der Waals surface area contributed by atoms with Crippen LogP contribution in [0.2, 0.25) is 30.8 Å². The second kappa shape index (κ2) is 11.7. The highest BCUT2D eigenvalue weighted by Gasteiger charge is 2.70. The summed E-state index contributed by atoms with van der Waals surface area (Å²) in [5.41, 5.74) is -0.770. The van der Waals surface area contributed by atoms with Gasteiger partial charge in [-0.1, -0.05) is 49.1 Å². The molecular weight excluding hydrogens is 578 g/mol. The third-order valence-electron chi connectivity index (χ3n) is 6.97. The highest BCUT2D eigenvalue weighted by Crippen LogP contribution is 2.66. The number of benzene rings is 1. The summed E-state index contributed by atoms with van der Waals surface area (Å²) in [5.74, 6) is -1.73. The minimum Gasteiger partial charge on any atom is -0.385 e. The van der Waals surface area contributed by atoms with Crippen molar-refractivity contribution in [2.75, 3.05) is 13.3 Å². The number of alkyl carbamates (subject to hydrolysis) is 1. The third kappa shape index (κ3) is 6.79. The van der Waals surface area contributed by atoms with E-state index in [1.807, 2.05) is 0 Å². The lowest BCUT2D eigenvalue weighted by molar-refractivity contribution is -0.117. The van der Waals surface area contributed by atoms with Gasteiger partial charge in [0.2, 0.25) is 0 Å². The summed E-state index contributed by atoms with van der Waals surface area (Å²) in [5, 5.41) is 2.60. The van der Waals surface area contributed by atoms with Crippen LogP contribution < -0.4 is 5.32 Å². The van der Waals surface area contributed by atoms with E-state index >= 15 is 4.39 Å². The molecule has 0 bridgehead atoms. The second-order valence-corrected chi connectivity index (χ2v) is 18.5. The summed E-state index contributed by atoms with van der Waals surface area (Å²) in [4.78, 5) is 37.5. The second-order valence-electron chi connectivity index (χ2n) is 11.2. The molecule has 3 atom stereocenters. The van der Waals surface area contributed by atoms with Crippen LogP contribution in [0.15, 0.2) is 35.6 Å². The lowest BCUT2D eigenvalue weighted by atomic mass is 9.84. The average molecular weight is 609 g/mol. The maximum absolute atomic E-state index is 15.3. The molecule has 0 radical (unpaired) electrons. The maximum Gasteiger partial charge on any atom is 0.416 e. The van der Waals surface area contributed by atoms with Crippen LogP contribution in [0.1, 0.15) is 37.1 Å². The fourth-order valence-corrected chi connectivity index (χ4v) is 6.84. The Morgan fingerprint density at radius 3 is 2.67 bits per heavy atom. The topological polar surface area (TPSA) is 103 Å². The molecule has 0 unspecified atom stereocenters. The first-order valence-electron chi connectivity index (χ1n) is 12.7. The van der Waals surface area contributed by atoms with E-state index in [-0.39, 0.29) is 40.1 Å². The number of amides is 1. The minimum atomic E-state index is -1.27. The van der Waals surface area contributed by atoms with E-state index in [1.165, 1.54) is 43.6 Å². The van der Waals surface area contributed by atoms with E-state index in [1.54, 1.807) is 6.92 Å². The largest absolute Gasteiger partial charge is 0.416 e. The number of thioether (sulfide) groups is 1. The first-order chi connectivity index (χ1) is 18.7. The fraction of sp³-hybridized carbons (Fsp3) is 0.444. The highest BCUT2D eigenvalue weighted by molar-refractivity contribution is 8.15. The number of Topliss-reactive ketones (excluding diaryl/α,β-unsaturated/α-hetero) is 1. The third-order valence-corrected chi connectivity index (χ3v) is 10.3. The van der Waals surface area contributed by atoms with Crippen molar-refractivity contribution in [3.05, 3.63) is 58.4 Å². The maximum atomic E-state index is 15.3. The van der Waals surface area contributed by atoms with E-state index in [0.717, 1.165) is 17.8 Å². The molecule has 1 aromatic heterocycles. The molecule has 1 fully saturated rings. The SMILES string of the molecule is CC(=O)[C@]12C[C@H]1[C@@](C)(c1cc(/C=C(\F)c3cnc(Cl)cn3)ccc1F)N=C(OC(=O)NCOCC[Si](C)(C)C)S2. The van der Waals surface area contributed by atoms with Crippen LogP contribution in [0.4, 0.5) is 13.6 Å². The molecule has 0 spiro atoms. The number of aliphatic imine (C=N–C) groups is 1. The van der Waals surface area contributed by atoms with Crippen LogP contribution in [0.25, 0.3) is 11.9 Å². The van der Waals surface area contributed by atoms with Gasteiger partial charge in [-0.2, -0.15) is 0 Å². The number of rotatable bonds is 9. The molecule has 1 saturated carbocycles. The van der Waals surface area contributed by atoms with Gasteiger partial charge in [0.15, 0.2) is 5.83 Å². The molecule has 8 nitrogen and oxygen atoms in total. The molecule has 4 rings (SSSR count). The summed E-state index contributed by atoms with van der Waals surface area (Å²) >= 11 is 6.80. The van der Waals surface area contributed by atoms with Gasteiger partial charge in [0, 0.05) is 26.2 Å². The van der Waals surface area contributed by atoms with Crippen molar-refractivity contribution in [3.63, 3.8) is 0 Å². The molecule has 214 valence electrons. The highest BCUT2D eigenvalue weighted by atomic mass is 35.5. The molecule has 13 heteroatoms. The Balaban J connectivity index is 1.57. The lowest BCUT2D eigenvalue weighted by Crippen LogP contribution is -2.39. The average Bonchev–Trinajstić information content (AvgIpc) is 3.62. The number of carbonyl (C=O) groups excluding carboxylic acids is 2. The number of hydrogen-bond acceptors (Lipinski definition) is 8. The van der Waals surface area contributed by atoms with Crippen molar-refractivity contribution >= 4 is 60.4 Å². The van der Waals surface area contributed by atoms with E-state index in [0.29, 0.717) is 18.6 Å². The van der Waals surface area contributed by atoms with Crippen LogP contribution in [-0.4, -0.2) is 53.2 Å². The van der Waals surface area contributed by atoms with Crippen molar-refractivity contribution in [1.29, 1.82) is 0 Å². The van der Waals surface area contributed by atoms with Crippen molar-refractivity contribution < 1.29 is 27.8 Å². The number of aromatic nitrogens is 2. The Morgan fingerprint density at radius 2 is 2.02 bits per heavy atom. The van der Waals surface area contributed by atoms with Gasteiger partial charge in [0.1, 0.15) is 29.2 Å². The van der Waals surface area contributed by atoms with Gasteiger partial charge in [-0.3, -0.25) is 10.1 Å². The zero-order valence-corrected chi connectivity index (χ0v) is 25.5. The van der Waals surface area contributed by atoms with Crippen LogP contribution in [0.3, 0.4) is 0 Å². The standard InChI is InChI=1S/C27H31ClF2N4O4SSi/c1-16(35)27-12-22(27)26(2,34-25(39-27)38-24(36)33-15-37-8-9-40(3,4)5)18-10-17(6-7-19(18)29)11-20(30)21-13-32-23(28)14-31-21/h6-7,10-11,13-14,22H,8-9,12,15H2,1-5H3,(H,33,36)/b20-11-/t22-,26+,27+/m0/s1. The molecule has 2 heterocycles.